The third kappa shape index (κ3) is 2.72. The maximum absolute atomic E-state index is 6.07. The molecule has 88 valence electrons. The molecule has 0 bridgehead atoms. The first kappa shape index (κ1) is 11.8. The molecule has 0 radical (unpaired) electrons. The van der Waals surface area contributed by atoms with E-state index in [0.29, 0.717) is 16.6 Å². The van der Waals surface area contributed by atoms with Crippen LogP contribution < -0.4 is 10.5 Å². The first-order valence-electron chi connectivity index (χ1n) is 5.09. The molecular weight excluding hydrogens is 238 g/mol. The van der Waals surface area contributed by atoms with Gasteiger partial charge in [0.05, 0.1) is 18.8 Å². The number of hydrogen-bond donors (Lipinski definition) is 1. The molecule has 0 saturated heterocycles. The van der Waals surface area contributed by atoms with E-state index in [2.05, 4.69) is 10.2 Å². The minimum absolute atomic E-state index is 0.341. The summed E-state index contributed by atoms with van der Waals surface area (Å²) in [6.07, 6.45) is 0. The Morgan fingerprint density at radius 3 is 2.65 bits per heavy atom. The normalized spacial score (nSPS) is 12.2. The topological polar surface area (TPSA) is 61.0 Å². The van der Waals surface area contributed by atoms with E-state index >= 15 is 0 Å². The Morgan fingerprint density at radius 1 is 1.24 bits per heavy atom. The Hall–Kier alpha value is -1.65. The standard InChI is InChI=1S/C12H12ClN3O/c1-17-11-6-5-10(15-16-11)12(14)8-3-2-4-9(13)7-8/h2-7,12H,14H2,1H3. The van der Waals surface area contributed by atoms with E-state index in [1.54, 1.807) is 25.3 Å². The van der Waals surface area contributed by atoms with E-state index in [-0.39, 0.29) is 6.04 Å². The summed E-state index contributed by atoms with van der Waals surface area (Å²) in [7, 11) is 1.54. The molecule has 1 unspecified atom stereocenters. The number of halogens is 1. The molecule has 17 heavy (non-hydrogen) atoms. The van der Waals surface area contributed by atoms with Crippen LogP contribution in [0.25, 0.3) is 0 Å². The summed E-state index contributed by atoms with van der Waals surface area (Å²) < 4.78 is 4.94. The Kier molecular flexibility index (Phi) is 3.56. The molecule has 1 aromatic carbocycles. The van der Waals surface area contributed by atoms with Crippen molar-refractivity contribution in [2.75, 3.05) is 7.11 Å². The summed E-state index contributed by atoms with van der Waals surface area (Å²) in [5, 5.41) is 8.55. The van der Waals surface area contributed by atoms with E-state index < -0.39 is 0 Å². The first-order chi connectivity index (χ1) is 8.20. The molecule has 2 aromatic rings. The third-order valence-corrected chi connectivity index (χ3v) is 2.63. The van der Waals surface area contributed by atoms with E-state index in [4.69, 9.17) is 22.1 Å². The lowest BCUT2D eigenvalue weighted by molar-refractivity contribution is 0.390. The Bertz CT molecular complexity index is 501. The molecule has 1 aromatic heterocycles. The molecular formula is C12H12ClN3O. The lowest BCUT2D eigenvalue weighted by Crippen LogP contribution is -2.14. The van der Waals surface area contributed by atoms with Crippen LogP contribution in [-0.4, -0.2) is 17.3 Å². The summed E-state index contributed by atoms with van der Waals surface area (Å²) >= 11 is 5.91. The van der Waals surface area contributed by atoms with Crippen LogP contribution in [0.15, 0.2) is 36.4 Å². The number of hydrogen-bond acceptors (Lipinski definition) is 4. The van der Waals surface area contributed by atoms with E-state index in [1.165, 1.54) is 0 Å². The molecule has 0 fully saturated rings. The summed E-state index contributed by atoms with van der Waals surface area (Å²) in [6.45, 7) is 0. The van der Waals surface area contributed by atoms with E-state index in [9.17, 15) is 0 Å². The second kappa shape index (κ2) is 5.12. The molecule has 4 nitrogen and oxygen atoms in total. The largest absolute Gasteiger partial charge is 0.480 e. The predicted molar refractivity (Wildman–Crippen MR) is 66.1 cm³/mol. The highest BCUT2D eigenvalue weighted by Gasteiger charge is 2.11. The number of ether oxygens (including phenoxy) is 1. The van der Waals surface area contributed by atoms with Crippen LogP contribution in [0.1, 0.15) is 17.3 Å². The van der Waals surface area contributed by atoms with Crippen molar-refractivity contribution in [3.8, 4) is 5.88 Å². The lowest BCUT2D eigenvalue weighted by atomic mass is 10.0. The van der Waals surface area contributed by atoms with Gasteiger partial charge in [-0.05, 0) is 23.8 Å². The summed E-state index contributed by atoms with van der Waals surface area (Å²) in [4.78, 5) is 0. The minimum atomic E-state index is -0.341. The van der Waals surface area contributed by atoms with Crippen LogP contribution in [0, 0.1) is 0 Å². The summed E-state index contributed by atoms with van der Waals surface area (Å²) in [5.41, 5.74) is 7.65. The van der Waals surface area contributed by atoms with Gasteiger partial charge < -0.3 is 10.5 Å². The van der Waals surface area contributed by atoms with Crippen molar-refractivity contribution in [2.45, 2.75) is 6.04 Å². The third-order valence-electron chi connectivity index (χ3n) is 2.40. The van der Waals surface area contributed by atoms with Crippen molar-refractivity contribution in [1.29, 1.82) is 0 Å². The number of benzene rings is 1. The SMILES string of the molecule is COc1ccc(C(N)c2cccc(Cl)c2)nn1. The van der Waals surface area contributed by atoms with Gasteiger partial charge in [0, 0.05) is 11.1 Å². The molecule has 2 rings (SSSR count). The highest BCUT2D eigenvalue weighted by atomic mass is 35.5. The quantitative estimate of drug-likeness (QED) is 0.906. The number of nitrogens with zero attached hydrogens (tertiary/aromatic N) is 2. The van der Waals surface area contributed by atoms with Crippen LogP contribution in [0.2, 0.25) is 5.02 Å². The highest BCUT2D eigenvalue weighted by Crippen LogP contribution is 2.21. The Balaban J connectivity index is 2.27. The molecule has 0 spiro atoms. The maximum Gasteiger partial charge on any atom is 0.233 e. The predicted octanol–water partition coefficient (Wildman–Crippen LogP) is 2.19. The second-order valence-electron chi connectivity index (χ2n) is 3.53. The van der Waals surface area contributed by atoms with Gasteiger partial charge in [-0.3, -0.25) is 0 Å². The van der Waals surface area contributed by atoms with Gasteiger partial charge in [0.1, 0.15) is 0 Å². The molecule has 2 N–H and O–H groups in total. The summed E-state index contributed by atoms with van der Waals surface area (Å²) in [6, 6.07) is 10.6. The van der Waals surface area contributed by atoms with Gasteiger partial charge in [-0.25, -0.2) is 0 Å². The van der Waals surface area contributed by atoms with Gasteiger partial charge >= 0.3 is 0 Å². The number of aromatic nitrogens is 2. The molecule has 0 aliphatic heterocycles. The average Bonchev–Trinajstić information content (AvgIpc) is 2.38. The van der Waals surface area contributed by atoms with E-state index in [0.717, 1.165) is 5.56 Å². The van der Waals surface area contributed by atoms with E-state index in [1.807, 2.05) is 18.2 Å². The van der Waals surface area contributed by atoms with Gasteiger partial charge in [-0.2, -0.15) is 0 Å². The highest BCUT2D eigenvalue weighted by molar-refractivity contribution is 6.30. The van der Waals surface area contributed by atoms with Crippen LogP contribution in [-0.2, 0) is 0 Å². The summed E-state index contributed by atoms with van der Waals surface area (Å²) in [5.74, 6) is 0.465. The minimum Gasteiger partial charge on any atom is -0.480 e. The second-order valence-corrected chi connectivity index (χ2v) is 3.97. The van der Waals surface area contributed by atoms with Crippen LogP contribution in [0.3, 0.4) is 0 Å². The van der Waals surface area contributed by atoms with Crippen LogP contribution in [0.5, 0.6) is 5.88 Å². The van der Waals surface area contributed by atoms with Gasteiger partial charge in [0.15, 0.2) is 0 Å². The van der Waals surface area contributed by atoms with Crippen LogP contribution >= 0.6 is 11.6 Å². The van der Waals surface area contributed by atoms with Crippen molar-refractivity contribution >= 4 is 11.6 Å². The first-order valence-corrected chi connectivity index (χ1v) is 5.47. The molecule has 1 heterocycles. The zero-order valence-corrected chi connectivity index (χ0v) is 10.1. The zero-order valence-electron chi connectivity index (χ0n) is 9.30. The van der Waals surface area contributed by atoms with Crippen molar-refractivity contribution in [3.05, 3.63) is 52.7 Å². The lowest BCUT2D eigenvalue weighted by Gasteiger charge is -2.11. The van der Waals surface area contributed by atoms with Gasteiger partial charge in [0.25, 0.3) is 0 Å². The van der Waals surface area contributed by atoms with Crippen molar-refractivity contribution in [3.63, 3.8) is 0 Å². The average molecular weight is 250 g/mol. The van der Waals surface area contributed by atoms with Crippen LogP contribution in [0.4, 0.5) is 0 Å². The van der Waals surface area contributed by atoms with Gasteiger partial charge in [0.2, 0.25) is 5.88 Å². The van der Waals surface area contributed by atoms with Crippen molar-refractivity contribution < 1.29 is 4.74 Å². The smallest absolute Gasteiger partial charge is 0.233 e. The fraction of sp³-hybridized carbons (Fsp3) is 0.167. The fourth-order valence-electron chi connectivity index (χ4n) is 1.48. The molecule has 0 aliphatic rings. The van der Waals surface area contributed by atoms with Crippen molar-refractivity contribution in [2.24, 2.45) is 5.73 Å². The van der Waals surface area contributed by atoms with Gasteiger partial charge in [-0.15, -0.1) is 10.2 Å². The molecule has 5 heteroatoms. The van der Waals surface area contributed by atoms with Gasteiger partial charge in [-0.1, -0.05) is 23.7 Å². The fourth-order valence-corrected chi connectivity index (χ4v) is 1.67. The number of methoxy groups -OCH3 is 1. The molecule has 1 atom stereocenters. The molecule has 0 aliphatic carbocycles. The van der Waals surface area contributed by atoms with Crippen molar-refractivity contribution in [1.82, 2.24) is 10.2 Å². The zero-order chi connectivity index (χ0) is 12.3. The number of rotatable bonds is 3. The Labute approximate surface area is 104 Å². The monoisotopic (exact) mass is 249 g/mol. The molecule has 0 amide bonds. The Morgan fingerprint density at radius 2 is 2.06 bits per heavy atom. The maximum atomic E-state index is 6.07. The molecule has 0 saturated carbocycles. The number of nitrogens with two attached hydrogens (primary N) is 1.